The van der Waals surface area contributed by atoms with E-state index in [2.05, 4.69) is 20.3 Å². The highest BCUT2D eigenvalue weighted by Gasteiger charge is 2.12. The average molecular weight is 293 g/mol. The van der Waals surface area contributed by atoms with Gasteiger partial charge in [0, 0.05) is 25.7 Å². The van der Waals surface area contributed by atoms with Crippen molar-refractivity contribution in [3.63, 3.8) is 0 Å². The molecule has 3 aromatic rings. The van der Waals surface area contributed by atoms with E-state index in [1.807, 2.05) is 44.4 Å². The molecule has 0 bridgehead atoms. The summed E-state index contributed by atoms with van der Waals surface area (Å²) in [4.78, 5) is 26.7. The molecule has 0 unspecified atom stereocenters. The molecule has 0 aliphatic rings. The van der Waals surface area contributed by atoms with Crippen molar-refractivity contribution in [2.75, 3.05) is 24.3 Å². The fourth-order valence-corrected chi connectivity index (χ4v) is 2.11. The number of nitrogens with one attached hydrogen (secondary N) is 1. The molecule has 22 heavy (non-hydrogen) atoms. The van der Waals surface area contributed by atoms with Gasteiger partial charge < -0.3 is 10.2 Å². The van der Waals surface area contributed by atoms with Crippen LogP contribution in [-0.4, -0.2) is 35.0 Å². The summed E-state index contributed by atoms with van der Waals surface area (Å²) in [6.45, 7) is 0. The number of carbonyl (C=O) groups excluding carboxylic acids is 1. The van der Waals surface area contributed by atoms with Crippen LogP contribution in [0, 0.1) is 0 Å². The standard InChI is InChI=1S/C16H15N5O/c1-21(2)16-18-9-12(10-19-16)20-15(22)14-13-6-4-3-5-11(13)7-8-17-14/h3-10H,1-2H3,(H,20,22). The summed E-state index contributed by atoms with van der Waals surface area (Å²) in [5.74, 6) is 0.305. The number of anilines is 2. The van der Waals surface area contributed by atoms with E-state index in [0.717, 1.165) is 10.8 Å². The molecule has 0 spiro atoms. The number of amides is 1. The van der Waals surface area contributed by atoms with Crippen molar-refractivity contribution < 1.29 is 4.79 Å². The van der Waals surface area contributed by atoms with E-state index in [4.69, 9.17) is 0 Å². The SMILES string of the molecule is CN(C)c1ncc(NC(=O)c2nccc3ccccc23)cn1. The molecule has 1 N–H and O–H groups in total. The number of carbonyl (C=O) groups is 1. The number of pyridine rings is 1. The van der Waals surface area contributed by atoms with E-state index in [1.54, 1.807) is 23.5 Å². The van der Waals surface area contributed by atoms with Gasteiger partial charge in [-0.2, -0.15) is 0 Å². The Kier molecular flexibility index (Phi) is 3.65. The van der Waals surface area contributed by atoms with E-state index in [0.29, 0.717) is 17.3 Å². The first-order chi connectivity index (χ1) is 10.6. The minimum Gasteiger partial charge on any atom is -0.347 e. The summed E-state index contributed by atoms with van der Waals surface area (Å²) in [6.07, 6.45) is 4.78. The van der Waals surface area contributed by atoms with Crippen LogP contribution in [0.5, 0.6) is 0 Å². The fraction of sp³-hybridized carbons (Fsp3) is 0.125. The van der Waals surface area contributed by atoms with Crippen LogP contribution in [-0.2, 0) is 0 Å². The summed E-state index contributed by atoms with van der Waals surface area (Å²) in [6, 6.07) is 9.51. The van der Waals surface area contributed by atoms with Crippen LogP contribution in [0.3, 0.4) is 0 Å². The van der Waals surface area contributed by atoms with Crippen LogP contribution in [0.4, 0.5) is 11.6 Å². The zero-order chi connectivity index (χ0) is 15.5. The molecule has 2 aromatic heterocycles. The van der Waals surface area contributed by atoms with E-state index in [9.17, 15) is 4.79 Å². The first-order valence-electron chi connectivity index (χ1n) is 6.79. The number of hydrogen-bond acceptors (Lipinski definition) is 5. The molecule has 0 fully saturated rings. The van der Waals surface area contributed by atoms with Gasteiger partial charge in [0.25, 0.3) is 5.91 Å². The molecule has 0 atom stereocenters. The van der Waals surface area contributed by atoms with Gasteiger partial charge in [0.05, 0.1) is 18.1 Å². The zero-order valence-corrected chi connectivity index (χ0v) is 12.3. The number of nitrogens with zero attached hydrogens (tertiary/aromatic N) is 4. The van der Waals surface area contributed by atoms with Crippen LogP contribution in [0.2, 0.25) is 0 Å². The van der Waals surface area contributed by atoms with Crippen molar-refractivity contribution in [3.8, 4) is 0 Å². The highest BCUT2D eigenvalue weighted by molar-refractivity contribution is 6.11. The van der Waals surface area contributed by atoms with Gasteiger partial charge in [-0.1, -0.05) is 24.3 Å². The maximum absolute atomic E-state index is 12.4. The Balaban J connectivity index is 1.87. The Morgan fingerprint density at radius 2 is 1.77 bits per heavy atom. The highest BCUT2D eigenvalue weighted by Crippen LogP contribution is 2.17. The molecule has 6 heteroatoms. The topological polar surface area (TPSA) is 71.0 Å². The normalized spacial score (nSPS) is 10.5. The van der Waals surface area contributed by atoms with Crippen molar-refractivity contribution in [3.05, 3.63) is 54.6 Å². The Bertz CT molecular complexity index is 809. The number of hydrogen-bond donors (Lipinski definition) is 1. The molecule has 0 saturated carbocycles. The lowest BCUT2D eigenvalue weighted by Crippen LogP contribution is -2.16. The molecule has 1 aromatic carbocycles. The van der Waals surface area contributed by atoms with E-state index >= 15 is 0 Å². The second kappa shape index (κ2) is 5.77. The van der Waals surface area contributed by atoms with Crippen molar-refractivity contribution in [1.82, 2.24) is 15.0 Å². The molecule has 6 nitrogen and oxygen atoms in total. The highest BCUT2D eigenvalue weighted by atomic mass is 16.1. The van der Waals surface area contributed by atoms with Crippen molar-refractivity contribution in [2.45, 2.75) is 0 Å². The quantitative estimate of drug-likeness (QED) is 0.802. The first kappa shape index (κ1) is 13.9. The van der Waals surface area contributed by atoms with Gasteiger partial charge in [-0.3, -0.25) is 9.78 Å². The first-order valence-corrected chi connectivity index (χ1v) is 6.79. The van der Waals surface area contributed by atoms with Gasteiger partial charge >= 0.3 is 0 Å². The fourth-order valence-electron chi connectivity index (χ4n) is 2.11. The average Bonchev–Trinajstić information content (AvgIpc) is 2.54. The largest absolute Gasteiger partial charge is 0.347 e. The Morgan fingerprint density at radius 1 is 1.05 bits per heavy atom. The summed E-state index contributed by atoms with van der Waals surface area (Å²) < 4.78 is 0. The lowest BCUT2D eigenvalue weighted by molar-refractivity contribution is 0.102. The number of fused-ring (bicyclic) bond motifs is 1. The van der Waals surface area contributed by atoms with Gasteiger partial charge in [-0.15, -0.1) is 0 Å². The zero-order valence-electron chi connectivity index (χ0n) is 12.3. The molecule has 0 saturated heterocycles. The lowest BCUT2D eigenvalue weighted by Gasteiger charge is -2.10. The Labute approximate surface area is 127 Å². The molecule has 0 radical (unpaired) electrons. The lowest BCUT2D eigenvalue weighted by atomic mass is 10.1. The summed E-state index contributed by atoms with van der Waals surface area (Å²) in [5, 5.41) is 4.56. The number of aromatic nitrogens is 3. The minimum atomic E-state index is -0.280. The molecule has 110 valence electrons. The van der Waals surface area contributed by atoms with Crippen molar-refractivity contribution in [1.29, 1.82) is 0 Å². The Morgan fingerprint density at radius 3 is 2.50 bits per heavy atom. The van der Waals surface area contributed by atoms with E-state index in [-0.39, 0.29) is 5.91 Å². The summed E-state index contributed by atoms with van der Waals surface area (Å²) in [7, 11) is 3.71. The Hall–Kier alpha value is -3.02. The maximum atomic E-state index is 12.4. The van der Waals surface area contributed by atoms with Crippen LogP contribution in [0.15, 0.2) is 48.9 Å². The van der Waals surface area contributed by atoms with E-state index < -0.39 is 0 Å². The molecular formula is C16H15N5O. The number of rotatable bonds is 3. The third-order valence-electron chi connectivity index (χ3n) is 3.18. The van der Waals surface area contributed by atoms with E-state index in [1.165, 1.54) is 0 Å². The molecule has 3 rings (SSSR count). The molecule has 0 aliphatic carbocycles. The van der Waals surface area contributed by atoms with Crippen LogP contribution >= 0.6 is 0 Å². The smallest absolute Gasteiger partial charge is 0.274 e. The minimum absolute atomic E-state index is 0.280. The molecule has 1 amide bonds. The second-order valence-corrected chi connectivity index (χ2v) is 5.00. The van der Waals surface area contributed by atoms with Crippen LogP contribution in [0.1, 0.15) is 10.5 Å². The van der Waals surface area contributed by atoms with Gasteiger partial charge in [0.1, 0.15) is 5.69 Å². The second-order valence-electron chi connectivity index (χ2n) is 5.00. The van der Waals surface area contributed by atoms with Crippen LogP contribution < -0.4 is 10.2 Å². The van der Waals surface area contributed by atoms with Gasteiger partial charge in [0.15, 0.2) is 0 Å². The predicted molar refractivity (Wildman–Crippen MR) is 86.1 cm³/mol. The summed E-state index contributed by atoms with van der Waals surface area (Å²) in [5.41, 5.74) is 0.917. The van der Waals surface area contributed by atoms with Crippen molar-refractivity contribution >= 4 is 28.3 Å². The molecular weight excluding hydrogens is 278 g/mol. The molecule has 0 aliphatic heterocycles. The van der Waals surface area contributed by atoms with Crippen molar-refractivity contribution in [2.24, 2.45) is 0 Å². The predicted octanol–water partition coefficient (Wildman–Crippen LogP) is 2.34. The van der Waals surface area contributed by atoms with Crippen LogP contribution in [0.25, 0.3) is 10.8 Å². The van der Waals surface area contributed by atoms with Gasteiger partial charge in [0.2, 0.25) is 5.95 Å². The van der Waals surface area contributed by atoms with Gasteiger partial charge in [-0.05, 0) is 11.5 Å². The molecule has 2 heterocycles. The maximum Gasteiger partial charge on any atom is 0.274 e. The monoisotopic (exact) mass is 293 g/mol. The third-order valence-corrected chi connectivity index (χ3v) is 3.18. The third kappa shape index (κ3) is 2.71. The van der Waals surface area contributed by atoms with Gasteiger partial charge in [-0.25, -0.2) is 9.97 Å². The number of benzene rings is 1. The summed E-state index contributed by atoms with van der Waals surface area (Å²) >= 11 is 0.